The van der Waals surface area contributed by atoms with Crippen LogP contribution in [0.5, 0.6) is 0 Å². The van der Waals surface area contributed by atoms with E-state index in [1.54, 1.807) is 0 Å². The molecule has 2 atom stereocenters. The van der Waals surface area contributed by atoms with Gasteiger partial charge >= 0.3 is 6.55 Å². The predicted octanol–water partition coefficient (Wildman–Crippen LogP) is 1.83. The smallest absolute Gasteiger partial charge is 0.247 e. The van der Waals surface area contributed by atoms with Crippen LogP contribution >= 0.6 is 0 Å². The minimum Gasteiger partial charge on any atom is -0.247 e. The maximum absolute atomic E-state index is 12.4. The molecule has 1 saturated heterocycles. The Morgan fingerprint density at radius 3 is 2.33 bits per heavy atom. The van der Waals surface area contributed by atoms with E-state index in [2.05, 4.69) is 5.43 Å². The van der Waals surface area contributed by atoms with Crippen LogP contribution < -0.4 is 5.43 Å². The highest BCUT2D eigenvalue weighted by atomic mass is 19.3. The van der Waals surface area contributed by atoms with Crippen molar-refractivity contribution in [3.05, 3.63) is 0 Å². The Morgan fingerprint density at radius 2 is 2.00 bits per heavy atom. The first-order chi connectivity index (χ1) is 5.52. The molecule has 1 aliphatic heterocycles. The first-order valence-corrected chi connectivity index (χ1v) is 4.35. The summed E-state index contributed by atoms with van der Waals surface area (Å²) in [6, 6.07) is 0.145. The molecule has 72 valence electrons. The molecule has 1 fully saturated rings. The van der Waals surface area contributed by atoms with E-state index in [-0.39, 0.29) is 18.0 Å². The van der Waals surface area contributed by atoms with Gasteiger partial charge in [0.25, 0.3) is 0 Å². The highest BCUT2D eigenvalue weighted by Crippen LogP contribution is 2.24. The van der Waals surface area contributed by atoms with Crippen LogP contribution in [0.25, 0.3) is 0 Å². The fourth-order valence-electron chi connectivity index (χ4n) is 1.67. The average molecular weight is 178 g/mol. The SMILES string of the molecule is CC1CC(C(C)C)N(C(F)F)N1. The van der Waals surface area contributed by atoms with E-state index in [1.165, 1.54) is 0 Å². The second-order valence-electron chi connectivity index (χ2n) is 3.76. The Bertz CT molecular complexity index is 134. The fourth-order valence-corrected chi connectivity index (χ4v) is 1.67. The van der Waals surface area contributed by atoms with Crippen molar-refractivity contribution in [2.24, 2.45) is 5.92 Å². The van der Waals surface area contributed by atoms with Crippen LogP contribution in [0.3, 0.4) is 0 Å². The zero-order valence-corrected chi connectivity index (χ0v) is 7.72. The summed E-state index contributed by atoms with van der Waals surface area (Å²) in [4.78, 5) is 0. The van der Waals surface area contributed by atoms with Crippen molar-refractivity contribution >= 4 is 0 Å². The van der Waals surface area contributed by atoms with Gasteiger partial charge in [0.05, 0.1) is 0 Å². The maximum Gasteiger partial charge on any atom is 0.307 e. The Kier molecular flexibility index (Phi) is 3.01. The molecule has 0 spiro atoms. The van der Waals surface area contributed by atoms with Gasteiger partial charge in [-0.1, -0.05) is 13.8 Å². The highest BCUT2D eigenvalue weighted by Gasteiger charge is 2.36. The molecule has 1 rings (SSSR count). The first-order valence-electron chi connectivity index (χ1n) is 4.35. The van der Waals surface area contributed by atoms with E-state index in [1.807, 2.05) is 20.8 Å². The molecular formula is C8H16F2N2. The Morgan fingerprint density at radius 1 is 1.42 bits per heavy atom. The summed E-state index contributed by atoms with van der Waals surface area (Å²) in [5.41, 5.74) is 2.77. The molecule has 12 heavy (non-hydrogen) atoms. The summed E-state index contributed by atoms with van der Waals surface area (Å²) < 4.78 is 24.8. The molecule has 0 radical (unpaired) electrons. The van der Waals surface area contributed by atoms with Gasteiger partial charge in [-0.3, -0.25) is 0 Å². The molecule has 0 bridgehead atoms. The zero-order chi connectivity index (χ0) is 9.30. The van der Waals surface area contributed by atoms with E-state index < -0.39 is 6.55 Å². The fraction of sp³-hybridized carbons (Fsp3) is 1.00. The molecule has 1 N–H and O–H groups in total. The molecule has 0 aromatic carbocycles. The second kappa shape index (κ2) is 3.66. The molecule has 1 heterocycles. The van der Waals surface area contributed by atoms with Crippen molar-refractivity contribution in [1.82, 2.24) is 10.4 Å². The summed E-state index contributed by atoms with van der Waals surface area (Å²) in [7, 11) is 0. The molecule has 2 nitrogen and oxygen atoms in total. The van der Waals surface area contributed by atoms with Gasteiger partial charge < -0.3 is 0 Å². The third-order valence-corrected chi connectivity index (χ3v) is 2.30. The normalized spacial score (nSPS) is 32.2. The van der Waals surface area contributed by atoms with Crippen LogP contribution in [0.2, 0.25) is 0 Å². The molecule has 0 saturated carbocycles. The largest absolute Gasteiger partial charge is 0.307 e. The summed E-state index contributed by atoms with van der Waals surface area (Å²) in [6.07, 6.45) is 0.808. The van der Waals surface area contributed by atoms with Crippen LogP contribution in [0, 0.1) is 5.92 Å². The number of rotatable bonds is 2. The van der Waals surface area contributed by atoms with Gasteiger partial charge in [-0.25, -0.2) is 5.43 Å². The topological polar surface area (TPSA) is 15.3 Å². The number of nitrogens with one attached hydrogen (secondary N) is 1. The van der Waals surface area contributed by atoms with Gasteiger partial charge in [-0.05, 0) is 19.3 Å². The first kappa shape index (κ1) is 9.86. The zero-order valence-electron chi connectivity index (χ0n) is 7.72. The van der Waals surface area contributed by atoms with Gasteiger partial charge in [0.2, 0.25) is 0 Å². The molecule has 2 unspecified atom stereocenters. The molecule has 1 aliphatic rings. The van der Waals surface area contributed by atoms with Gasteiger partial charge in [-0.2, -0.15) is 13.8 Å². The molecule has 0 aromatic heterocycles. The Hall–Kier alpha value is -0.220. The van der Waals surface area contributed by atoms with Crippen molar-refractivity contribution in [3.8, 4) is 0 Å². The third-order valence-electron chi connectivity index (χ3n) is 2.30. The second-order valence-corrected chi connectivity index (χ2v) is 3.76. The predicted molar refractivity (Wildman–Crippen MR) is 43.7 cm³/mol. The molecular weight excluding hydrogens is 162 g/mol. The van der Waals surface area contributed by atoms with Crippen molar-refractivity contribution in [2.45, 2.75) is 45.8 Å². The Labute approximate surface area is 71.9 Å². The lowest BCUT2D eigenvalue weighted by molar-refractivity contribution is -0.0757. The van der Waals surface area contributed by atoms with Crippen LogP contribution in [0.1, 0.15) is 27.2 Å². The number of halogens is 2. The lowest BCUT2D eigenvalue weighted by Gasteiger charge is -2.25. The lowest BCUT2D eigenvalue weighted by Crippen LogP contribution is -2.44. The molecule has 0 aliphatic carbocycles. The van der Waals surface area contributed by atoms with Crippen molar-refractivity contribution in [1.29, 1.82) is 0 Å². The van der Waals surface area contributed by atoms with Crippen LogP contribution in [-0.2, 0) is 0 Å². The molecule has 0 amide bonds. The van der Waals surface area contributed by atoms with E-state index in [4.69, 9.17) is 0 Å². The Balaban J connectivity index is 2.59. The number of hydrazine groups is 1. The van der Waals surface area contributed by atoms with Gasteiger partial charge in [0, 0.05) is 12.1 Å². The van der Waals surface area contributed by atoms with Crippen molar-refractivity contribution in [2.75, 3.05) is 0 Å². The average Bonchev–Trinajstić information content (AvgIpc) is 2.31. The van der Waals surface area contributed by atoms with E-state index >= 15 is 0 Å². The van der Waals surface area contributed by atoms with Crippen molar-refractivity contribution < 1.29 is 8.78 Å². The molecule has 0 aromatic rings. The summed E-state index contributed by atoms with van der Waals surface area (Å²) in [6.45, 7) is 3.49. The summed E-state index contributed by atoms with van der Waals surface area (Å²) >= 11 is 0. The minimum atomic E-state index is -2.39. The van der Waals surface area contributed by atoms with Crippen LogP contribution in [0.4, 0.5) is 8.78 Å². The standard InChI is InChI=1S/C8H16F2N2/c1-5(2)7-4-6(3)11-12(7)8(9)10/h5-8,11H,4H2,1-3H3. The van der Waals surface area contributed by atoms with Gasteiger partial charge in [-0.15, -0.1) is 0 Å². The van der Waals surface area contributed by atoms with Gasteiger partial charge in [0.15, 0.2) is 0 Å². The number of alkyl halides is 2. The number of nitrogens with zero attached hydrogens (tertiary/aromatic N) is 1. The minimum absolute atomic E-state index is 0.0278. The third kappa shape index (κ3) is 1.93. The van der Waals surface area contributed by atoms with Crippen molar-refractivity contribution in [3.63, 3.8) is 0 Å². The molecule has 4 heteroatoms. The quantitative estimate of drug-likeness (QED) is 0.649. The van der Waals surface area contributed by atoms with Crippen LogP contribution in [0.15, 0.2) is 0 Å². The van der Waals surface area contributed by atoms with E-state index in [0.717, 1.165) is 11.4 Å². The number of hydrogen-bond acceptors (Lipinski definition) is 2. The highest BCUT2D eigenvalue weighted by molar-refractivity contribution is 4.83. The van der Waals surface area contributed by atoms with Gasteiger partial charge in [0.1, 0.15) is 0 Å². The van der Waals surface area contributed by atoms with Crippen LogP contribution in [-0.4, -0.2) is 23.6 Å². The number of hydrogen-bond donors (Lipinski definition) is 1. The summed E-state index contributed by atoms with van der Waals surface area (Å²) in [5.74, 6) is 0.274. The van der Waals surface area contributed by atoms with E-state index in [9.17, 15) is 8.78 Å². The monoisotopic (exact) mass is 178 g/mol. The lowest BCUT2D eigenvalue weighted by atomic mass is 10.00. The maximum atomic E-state index is 12.4. The summed E-state index contributed by atoms with van der Waals surface area (Å²) in [5, 5.41) is 1.08. The van der Waals surface area contributed by atoms with E-state index in [0.29, 0.717) is 0 Å².